The van der Waals surface area contributed by atoms with Crippen molar-refractivity contribution in [2.45, 2.75) is 0 Å². The molecule has 0 rings (SSSR count). The van der Waals surface area contributed by atoms with Crippen LogP contribution in [0.15, 0.2) is 0 Å². The molecule has 0 aromatic carbocycles. The zero-order valence-corrected chi connectivity index (χ0v) is 7.91. The molecule has 0 heterocycles. The van der Waals surface area contributed by atoms with E-state index in [1.54, 1.807) is 0 Å². The third-order valence-electron chi connectivity index (χ3n) is 0. The van der Waals surface area contributed by atoms with Gasteiger partial charge in [-0.2, -0.15) is 0 Å². The Hall–Kier alpha value is 2.43. The van der Waals surface area contributed by atoms with Gasteiger partial charge in [-0.05, 0) is 0 Å². The molecular weight excluding hydrogens is 135 g/mol. The van der Waals surface area contributed by atoms with Gasteiger partial charge in [0.1, 0.15) is 0 Å². The maximum Gasteiger partial charge on any atom is 1.00 e. The number of thiol groups is 1. The van der Waals surface area contributed by atoms with Crippen molar-refractivity contribution in [2.24, 2.45) is 0 Å². The van der Waals surface area contributed by atoms with Gasteiger partial charge in [-0.1, -0.05) is 0 Å². The third-order valence-corrected chi connectivity index (χ3v) is 0. The Kier molecular flexibility index (Phi) is 21.9. The predicted molar refractivity (Wildman–Crippen MR) is 23.5 cm³/mol. The van der Waals surface area contributed by atoms with Crippen LogP contribution in [-0.2, 0) is 31.3 Å². The van der Waals surface area contributed by atoms with Crippen LogP contribution < -0.4 is 51.4 Å². The minimum Gasteiger partial charge on any atom is -0.362 e. The molecule has 20 valence electrons. The van der Waals surface area contributed by atoms with E-state index in [1.807, 2.05) is 0 Å². The van der Waals surface area contributed by atoms with Crippen LogP contribution in [0.4, 0.5) is 0 Å². The first-order valence-corrected chi connectivity index (χ1v) is 3.29. The Bertz CT molecular complexity index is 24.3. The topological polar surface area (TPSA) is 0 Å². The van der Waals surface area contributed by atoms with Crippen LogP contribution in [0.2, 0.25) is 0 Å². The van der Waals surface area contributed by atoms with Gasteiger partial charge in [0.2, 0.25) is 0 Å². The molecule has 0 aromatic heterocycles. The smallest absolute Gasteiger partial charge is 0.362 e. The Balaban J connectivity index is 0. The number of hydrogen-bond acceptors (Lipinski definition) is 3. The van der Waals surface area contributed by atoms with Gasteiger partial charge >= 0.3 is 51.4 Å². The van der Waals surface area contributed by atoms with Gasteiger partial charge in [0, 0.05) is 0 Å². The summed E-state index contributed by atoms with van der Waals surface area (Å²) >= 11 is 8.36. The predicted octanol–water partition coefficient (Wildman–Crippen LogP) is -3.27. The normalized spacial score (nSPS) is 4.00. The molecule has 0 aliphatic heterocycles. The second kappa shape index (κ2) is 9.06. The molecule has 0 spiro atoms. The molecule has 0 saturated carbocycles. The van der Waals surface area contributed by atoms with Crippen molar-refractivity contribution in [3.05, 3.63) is 0 Å². The molecule has 0 amide bonds. The summed E-state index contributed by atoms with van der Waals surface area (Å²) in [5.41, 5.74) is 0. The molecule has 0 unspecified atom stereocenters. The van der Waals surface area contributed by atoms with Crippen LogP contribution in [0.25, 0.3) is 0 Å². The van der Waals surface area contributed by atoms with Crippen molar-refractivity contribution in [1.82, 2.24) is 0 Å². The van der Waals surface area contributed by atoms with Crippen molar-refractivity contribution in [1.29, 1.82) is 0 Å². The zero-order chi connectivity index (χ0) is 2.71. The molecule has 0 radical (unpaired) electrons. The summed E-state index contributed by atoms with van der Waals surface area (Å²) in [5, 5.41) is 0. The Morgan fingerprint density at radius 3 is 1.25 bits per heavy atom. The minimum absolute atomic E-state index is 0. The molecule has 4 heavy (non-hydrogen) atoms. The summed E-state index contributed by atoms with van der Waals surface area (Å²) in [7, 11) is 0.583. The fraction of sp³-hybridized carbons (Fsp3) is 0. The maximum absolute atomic E-state index is 4.18. The van der Waals surface area contributed by atoms with Crippen LogP contribution in [0, 0.1) is 0 Å². The zero-order valence-electron chi connectivity index (χ0n) is 2.26. The standard InChI is InChI=1S/K.HS3/c;1-3-2/h;3H/q+1;-1. The van der Waals surface area contributed by atoms with Crippen LogP contribution in [0.1, 0.15) is 0 Å². The van der Waals surface area contributed by atoms with Crippen molar-refractivity contribution >= 4 is 31.3 Å². The van der Waals surface area contributed by atoms with Gasteiger partial charge in [-0.15, -0.1) is 0 Å². The molecule has 0 fully saturated rings. The Labute approximate surface area is 80.6 Å². The Morgan fingerprint density at radius 1 is 1.25 bits per heavy atom. The first kappa shape index (κ1) is 9.66. The number of hydrogen-bond donors (Lipinski definition) is 0. The van der Waals surface area contributed by atoms with E-state index in [0.717, 1.165) is 0 Å². The second-order valence-electron chi connectivity index (χ2n) is 0.0745. The van der Waals surface area contributed by atoms with Gasteiger partial charge < -0.3 is 8.88 Å². The van der Waals surface area contributed by atoms with Crippen molar-refractivity contribution < 1.29 is 51.4 Å². The summed E-state index contributed by atoms with van der Waals surface area (Å²) in [6, 6.07) is 0. The molecular formula is HKS3. The van der Waals surface area contributed by atoms with E-state index in [2.05, 4.69) is 22.4 Å². The van der Waals surface area contributed by atoms with E-state index in [9.17, 15) is 0 Å². The quantitative estimate of drug-likeness (QED) is 0.195. The van der Waals surface area contributed by atoms with Gasteiger partial charge in [0.25, 0.3) is 0 Å². The van der Waals surface area contributed by atoms with Crippen molar-refractivity contribution in [3.8, 4) is 0 Å². The van der Waals surface area contributed by atoms with Crippen molar-refractivity contribution in [3.63, 3.8) is 0 Å². The summed E-state index contributed by atoms with van der Waals surface area (Å²) in [5.74, 6) is 0. The molecule has 0 atom stereocenters. The molecule has 0 N–H and O–H groups in total. The van der Waals surface area contributed by atoms with Crippen LogP contribution in [-0.4, -0.2) is 0 Å². The molecule has 0 aromatic rings. The first-order chi connectivity index (χ1) is 1.41. The fourth-order valence-corrected chi connectivity index (χ4v) is 0. The van der Waals surface area contributed by atoms with E-state index < -0.39 is 0 Å². The van der Waals surface area contributed by atoms with E-state index in [0.29, 0.717) is 8.88 Å². The molecule has 0 saturated heterocycles. The van der Waals surface area contributed by atoms with Gasteiger partial charge in [0.15, 0.2) is 0 Å². The van der Waals surface area contributed by atoms with Gasteiger partial charge in [-0.25, -0.2) is 0 Å². The molecule has 4 heteroatoms. The molecule has 0 bridgehead atoms. The summed E-state index contributed by atoms with van der Waals surface area (Å²) in [4.78, 5) is 0. The van der Waals surface area contributed by atoms with Gasteiger partial charge in [-0.3, -0.25) is 22.4 Å². The first-order valence-electron chi connectivity index (χ1n) is 0.365. The van der Waals surface area contributed by atoms with Crippen LogP contribution >= 0.6 is 0 Å². The Morgan fingerprint density at radius 2 is 1.25 bits per heavy atom. The van der Waals surface area contributed by atoms with Crippen LogP contribution in [0.5, 0.6) is 0 Å². The minimum atomic E-state index is 0. The molecule has 0 nitrogen and oxygen atoms in total. The molecule has 0 aliphatic carbocycles. The van der Waals surface area contributed by atoms with Crippen LogP contribution in [0.3, 0.4) is 0 Å². The summed E-state index contributed by atoms with van der Waals surface area (Å²) < 4.78 is 0. The average molecular weight is 136 g/mol. The maximum atomic E-state index is 4.18. The summed E-state index contributed by atoms with van der Waals surface area (Å²) in [6.45, 7) is 0. The average Bonchev–Trinajstić information content (AvgIpc) is 0.918. The second-order valence-corrected chi connectivity index (χ2v) is 2.01. The molecule has 0 aliphatic rings. The number of rotatable bonds is 0. The fourth-order valence-electron chi connectivity index (χ4n) is 0. The van der Waals surface area contributed by atoms with E-state index in [1.165, 1.54) is 0 Å². The van der Waals surface area contributed by atoms with Gasteiger partial charge in [0.05, 0.1) is 0 Å². The largest absolute Gasteiger partial charge is 1.00 e. The SMILES string of the molecule is S=[SH-]=S.[K+]. The third kappa shape index (κ3) is 8.83. The monoisotopic (exact) mass is 136 g/mol. The van der Waals surface area contributed by atoms with Crippen molar-refractivity contribution in [2.75, 3.05) is 0 Å². The van der Waals surface area contributed by atoms with E-state index in [-0.39, 0.29) is 51.4 Å². The van der Waals surface area contributed by atoms with E-state index >= 15 is 0 Å². The van der Waals surface area contributed by atoms with E-state index in [4.69, 9.17) is 0 Å². The summed E-state index contributed by atoms with van der Waals surface area (Å²) in [6.07, 6.45) is 0.